The number of para-hydroxylation sites is 1. The van der Waals surface area contributed by atoms with Crippen molar-refractivity contribution in [3.63, 3.8) is 0 Å². The van der Waals surface area contributed by atoms with Crippen molar-refractivity contribution in [1.29, 1.82) is 0 Å². The summed E-state index contributed by atoms with van der Waals surface area (Å²) in [5.41, 5.74) is 0.922. The fourth-order valence-electron chi connectivity index (χ4n) is 2.34. The fraction of sp³-hybridized carbons (Fsp3) is 0.176. The van der Waals surface area contributed by atoms with E-state index < -0.39 is 7.80 Å². The van der Waals surface area contributed by atoms with Crippen molar-refractivity contribution in [3.05, 3.63) is 66.5 Å². The van der Waals surface area contributed by atoms with Crippen molar-refractivity contribution in [2.24, 2.45) is 0 Å². The van der Waals surface area contributed by atoms with E-state index in [4.69, 9.17) is 12.3 Å². The maximum absolute atomic E-state index is 6.42. The fourth-order valence-corrected chi connectivity index (χ4v) is 4.65. The third-order valence-electron chi connectivity index (χ3n) is 3.52. The molecule has 0 spiro atoms. The molecule has 3 radical (unpaired) electrons. The third-order valence-corrected chi connectivity index (χ3v) is 6.36. The molecule has 4 nitrogen and oxygen atoms in total. The smallest absolute Gasteiger partial charge is 0.156 e. The Balaban J connectivity index is 1.61. The predicted octanol–water partition coefficient (Wildman–Crippen LogP) is 3.16. The highest BCUT2D eigenvalue weighted by molar-refractivity contribution is 7.98. The number of ether oxygens (including phenoxy) is 1. The van der Waals surface area contributed by atoms with Crippen molar-refractivity contribution >= 4 is 32.4 Å². The van der Waals surface area contributed by atoms with Gasteiger partial charge in [0.1, 0.15) is 5.69 Å². The van der Waals surface area contributed by atoms with Crippen LogP contribution in [-0.2, 0) is 12.0 Å². The van der Waals surface area contributed by atoms with Gasteiger partial charge in [-0.25, -0.2) is 12.5 Å². The van der Waals surface area contributed by atoms with Crippen LogP contribution in [0.2, 0.25) is 0 Å². The Morgan fingerprint density at radius 1 is 1.12 bits per heavy atom. The summed E-state index contributed by atoms with van der Waals surface area (Å²) in [5.74, 6) is 1.58. The summed E-state index contributed by atoms with van der Waals surface area (Å²) in [5, 5.41) is 9.53. The van der Waals surface area contributed by atoms with Crippen LogP contribution < -0.4 is 10.0 Å². The highest BCUT2D eigenvalue weighted by atomic mass is 32.2. The molecule has 0 amide bonds. The zero-order chi connectivity index (χ0) is 16.8. The number of benzene rings is 2. The molecule has 3 rings (SSSR count). The normalized spacial score (nSPS) is 12.1. The summed E-state index contributed by atoms with van der Waals surface area (Å²) >= 11 is 1.73. The molecule has 7 heteroatoms. The zero-order valence-electron chi connectivity index (χ0n) is 13.4. The Bertz CT molecular complexity index is 784. The second-order valence-corrected chi connectivity index (χ2v) is 8.20. The first kappa shape index (κ1) is 17.1. The molecule has 0 saturated heterocycles. The van der Waals surface area contributed by atoms with Crippen LogP contribution >= 0.6 is 19.6 Å². The van der Waals surface area contributed by atoms with E-state index in [-0.39, 0.29) is 0 Å². The van der Waals surface area contributed by atoms with Gasteiger partial charge in [-0.3, -0.25) is 0 Å². The summed E-state index contributed by atoms with van der Waals surface area (Å²) in [4.78, 5) is 1.21. The number of methoxy groups -OCH3 is 1. The van der Waals surface area contributed by atoms with Crippen LogP contribution in [-0.4, -0.2) is 29.7 Å². The number of nitrogens with zero attached hydrogens (tertiary/aromatic N) is 3. The van der Waals surface area contributed by atoms with Gasteiger partial charge in [-0.05, 0) is 24.3 Å². The van der Waals surface area contributed by atoms with E-state index in [0.29, 0.717) is 0 Å². The second kappa shape index (κ2) is 8.36. The highest BCUT2D eigenvalue weighted by Gasteiger charge is 2.12. The molecular formula is C17H18BN3OPS. The van der Waals surface area contributed by atoms with Crippen LogP contribution in [0.25, 0.3) is 0 Å². The maximum atomic E-state index is 6.42. The first-order valence-corrected chi connectivity index (χ1v) is 10.3. The first-order chi connectivity index (χ1) is 11.8. The van der Waals surface area contributed by atoms with Crippen LogP contribution in [0.1, 0.15) is 5.69 Å². The van der Waals surface area contributed by atoms with E-state index in [2.05, 4.69) is 22.4 Å². The van der Waals surface area contributed by atoms with Crippen molar-refractivity contribution < 1.29 is 4.74 Å². The number of thioether (sulfide) groups is 1. The maximum Gasteiger partial charge on any atom is 0.156 e. The Morgan fingerprint density at radius 3 is 2.67 bits per heavy atom. The Morgan fingerprint density at radius 2 is 1.88 bits per heavy atom. The molecule has 2 aromatic carbocycles. The quantitative estimate of drug-likeness (QED) is 0.371. The molecule has 0 saturated carbocycles. The molecule has 1 heterocycles. The van der Waals surface area contributed by atoms with Crippen LogP contribution in [0.5, 0.6) is 5.75 Å². The van der Waals surface area contributed by atoms with E-state index in [1.165, 1.54) is 4.90 Å². The molecule has 121 valence electrons. The van der Waals surface area contributed by atoms with Gasteiger partial charge in [-0.1, -0.05) is 35.5 Å². The van der Waals surface area contributed by atoms with Crippen LogP contribution in [0.3, 0.4) is 0 Å². The lowest BCUT2D eigenvalue weighted by Gasteiger charge is -2.17. The summed E-state index contributed by atoms with van der Waals surface area (Å²) in [7, 11) is 6.83. The van der Waals surface area contributed by atoms with Gasteiger partial charge >= 0.3 is 0 Å². The van der Waals surface area contributed by atoms with E-state index in [1.54, 1.807) is 18.9 Å². The average Bonchev–Trinajstić information content (AvgIpc) is 3.08. The minimum absolute atomic E-state index is 0.723. The van der Waals surface area contributed by atoms with E-state index >= 15 is 0 Å². The summed E-state index contributed by atoms with van der Waals surface area (Å²) in [6, 6.07) is 18.2. The molecule has 3 aromatic rings. The SMILES string of the molecule is [B-][PH+](Cc1cn(CSc2ccccc2)nn1)c1ccccc1OC. The predicted molar refractivity (Wildman–Crippen MR) is 103 cm³/mol. The number of rotatable bonds is 7. The number of aromatic nitrogens is 3. The van der Waals surface area contributed by atoms with Crippen LogP contribution in [0.4, 0.5) is 0 Å². The van der Waals surface area contributed by atoms with Crippen molar-refractivity contribution in [2.75, 3.05) is 7.11 Å². The largest absolute Gasteiger partial charge is 0.493 e. The molecule has 24 heavy (non-hydrogen) atoms. The van der Waals surface area contributed by atoms with Gasteiger partial charge in [0.2, 0.25) is 0 Å². The molecule has 1 aromatic heterocycles. The summed E-state index contributed by atoms with van der Waals surface area (Å²) in [6.07, 6.45) is 2.70. The van der Waals surface area contributed by atoms with Gasteiger partial charge in [0.25, 0.3) is 0 Å². The Kier molecular flexibility index (Phi) is 5.94. The van der Waals surface area contributed by atoms with Gasteiger partial charge in [-0.2, -0.15) is 0 Å². The monoisotopic (exact) mass is 354 g/mol. The average molecular weight is 354 g/mol. The molecule has 1 atom stereocenters. The van der Waals surface area contributed by atoms with Gasteiger partial charge in [0.05, 0.1) is 30.6 Å². The molecule has 0 bridgehead atoms. The molecular weight excluding hydrogens is 336 g/mol. The number of hydrogen-bond donors (Lipinski definition) is 0. The van der Waals surface area contributed by atoms with Gasteiger partial charge in [0.15, 0.2) is 5.75 Å². The molecule has 0 aliphatic rings. The van der Waals surface area contributed by atoms with Gasteiger partial charge < -0.3 is 12.3 Å². The van der Waals surface area contributed by atoms with E-state index in [9.17, 15) is 0 Å². The van der Waals surface area contributed by atoms with Crippen LogP contribution in [0, 0.1) is 0 Å². The van der Waals surface area contributed by atoms with Crippen molar-refractivity contribution in [1.82, 2.24) is 15.0 Å². The van der Waals surface area contributed by atoms with Gasteiger partial charge in [-0.15, -0.1) is 16.9 Å². The lowest BCUT2D eigenvalue weighted by molar-refractivity contribution is 0.418. The standard InChI is InChI=1S/C17H18BN3OPS/c1-22-16-9-5-6-10-17(16)23(18)12-14-11-21(20-19-14)13-24-15-7-3-2-4-8-15/h2-11,23H,12-13H2,1H3. The molecule has 0 aliphatic carbocycles. The van der Waals surface area contributed by atoms with Gasteiger partial charge in [0, 0.05) is 4.90 Å². The second-order valence-electron chi connectivity index (χ2n) is 5.24. The molecule has 0 fully saturated rings. The zero-order valence-corrected chi connectivity index (χ0v) is 15.2. The minimum Gasteiger partial charge on any atom is -0.493 e. The summed E-state index contributed by atoms with van der Waals surface area (Å²) < 4.78 is 7.25. The van der Waals surface area contributed by atoms with Crippen molar-refractivity contribution in [3.8, 4) is 5.75 Å². The Labute approximate surface area is 148 Å². The molecule has 1 unspecified atom stereocenters. The lowest BCUT2D eigenvalue weighted by atomic mass is 10.3. The topological polar surface area (TPSA) is 39.9 Å². The van der Waals surface area contributed by atoms with Crippen LogP contribution in [0.15, 0.2) is 65.7 Å². The summed E-state index contributed by atoms with van der Waals surface area (Å²) in [6.45, 7) is 0. The molecule has 0 N–H and O–H groups in total. The first-order valence-electron chi connectivity index (χ1n) is 7.58. The molecule has 0 aliphatic heterocycles. The highest BCUT2D eigenvalue weighted by Crippen LogP contribution is 2.36. The lowest BCUT2D eigenvalue weighted by Crippen LogP contribution is -2.06. The number of hydrogen-bond acceptors (Lipinski definition) is 4. The Hall–Kier alpha value is -1.78. The van der Waals surface area contributed by atoms with Crippen molar-refractivity contribution in [2.45, 2.75) is 16.9 Å². The minimum atomic E-state index is -1.26. The third kappa shape index (κ3) is 4.40. The van der Waals surface area contributed by atoms with E-state index in [0.717, 1.165) is 28.8 Å². The van der Waals surface area contributed by atoms with E-state index in [1.807, 2.05) is 53.3 Å².